The average Bonchev–Trinajstić information content (AvgIpc) is 3.91. The molecule has 6 aromatic carbocycles. The highest BCUT2D eigenvalue weighted by molar-refractivity contribution is 6.15. The molecule has 0 amide bonds. The van der Waals surface area contributed by atoms with E-state index in [1.165, 1.54) is 0 Å². The second-order valence-electron chi connectivity index (χ2n) is 13.9. The Labute approximate surface area is 322 Å². The molecule has 56 heavy (non-hydrogen) atoms. The lowest BCUT2D eigenvalue weighted by atomic mass is 9.99. The molecule has 5 nitrogen and oxygen atoms in total. The number of fused-ring (bicyclic) bond motifs is 9. The predicted molar refractivity (Wildman–Crippen MR) is 235 cm³/mol. The van der Waals surface area contributed by atoms with Gasteiger partial charge in [-0.25, -0.2) is 4.98 Å². The minimum atomic E-state index is 0.532. The standard InChI is InChI=1S/C51H35N3O2/c1-5-14-35(15-6-2)54-42-27-24-33(29-40(42)37-26-23-31(4)36(16-7-3)49(37)54)34-25-28-44-41(30-34)47-48(32-17-9-8-10-18-32)52-50(53-51(47)56-44)39-20-13-22-45-46(39)38-19-11-12-21-43(38)55-45/h5-30H,1,3-4H2,2H3/b15-6-,35-14+,36-16+. The van der Waals surface area contributed by atoms with Crippen molar-refractivity contribution in [3.8, 4) is 33.8 Å². The minimum Gasteiger partial charge on any atom is -0.456 e. The maximum absolute atomic E-state index is 6.58. The molecule has 0 bridgehead atoms. The molecule has 0 aliphatic carbocycles. The molecule has 10 aromatic rings. The van der Waals surface area contributed by atoms with Gasteiger partial charge in [-0.05, 0) is 71.8 Å². The summed E-state index contributed by atoms with van der Waals surface area (Å²) in [5.74, 6) is 0.580. The SMILES string of the molecule is C=C/C=C(\C=C/C)n1c2ccc(-c3ccc4oc5nc(-c6cccc7oc8ccccc8c67)nc(-c6ccccc6)c5c4c3)cc2c2ccc(=C)/c(=C\C=C)c21. The van der Waals surface area contributed by atoms with Crippen LogP contribution in [0.4, 0.5) is 0 Å². The van der Waals surface area contributed by atoms with Crippen molar-refractivity contribution in [3.05, 3.63) is 175 Å². The lowest BCUT2D eigenvalue weighted by Gasteiger charge is -2.10. The summed E-state index contributed by atoms with van der Waals surface area (Å²) >= 11 is 0. The third-order valence-corrected chi connectivity index (χ3v) is 10.6. The normalized spacial score (nSPS) is 12.7. The first kappa shape index (κ1) is 33.1. The maximum Gasteiger partial charge on any atom is 0.231 e. The molecule has 0 fully saturated rings. The molecule has 0 aliphatic heterocycles. The van der Waals surface area contributed by atoms with E-state index in [0.29, 0.717) is 11.5 Å². The Kier molecular flexibility index (Phi) is 7.75. The summed E-state index contributed by atoms with van der Waals surface area (Å²) in [6, 6.07) is 41.7. The quantitative estimate of drug-likeness (QED) is 0.154. The van der Waals surface area contributed by atoms with Crippen molar-refractivity contribution in [2.24, 2.45) is 0 Å². The van der Waals surface area contributed by atoms with Gasteiger partial charge in [0, 0.05) is 49.0 Å². The molecule has 0 saturated heterocycles. The van der Waals surface area contributed by atoms with E-state index in [-0.39, 0.29) is 0 Å². The van der Waals surface area contributed by atoms with Gasteiger partial charge in [-0.2, -0.15) is 4.98 Å². The number of furan rings is 2. The first-order valence-corrected chi connectivity index (χ1v) is 18.6. The van der Waals surface area contributed by atoms with Gasteiger partial charge in [0.25, 0.3) is 0 Å². The minimum absolute atomic E-state index is 0.532. The van der Waals surface area contributed by atoms with Gasteiger partial charge in [-0.15, -0.1) is 0 Å². The van der Waals surface area contributed by atoms with Crippen LogP contribution in [-0.4, -0.2) is 14.5 Å². The second-order valence-corrected chi connectivity index (χ2v) is 13.9. The molecule has 4 heterocycles. The van der Waals surface area contributed by atoms with Crippen molar-refractivity contribution < 1.29 is 8.83 Å². The number of rotatable bonds is 7. The fourth-order valence-corrected chi connectivity index (χ4v) is 8.16. The van der Waals surface area contributed by atoms with Gasteiger partial charge < -0.3 is 13.4 Å². The smallest absolute Gasteiger partial charge is 0.231 e. The van der Waals surface area contributed by atoms with Crippen molar-refractivity contribution in [3.63, 3.8) is 0 Å². The number of nitrogens with zero attached hydrogens (tertiary/aromatic N) is 3. The molecule has 0 aliphatic rings. The van der Waals surface area contributed by atoms with Gasteiger partial charge >= 0.3 is 0 Å². The molecule has 0 unspecified atom stereocenters. The van der Waals surface area contributed by atoms with Crippen LogP contribution in [0.2, 0.25) is 0 Å². The van der Waals surface area contributed by atoms with Crippen molar-refractivity contribution in [2.75, 3.05) is 0 Å². The van der Waals surface area contributed by atoms with Crippen LogP contribution in [0.15, 0.2) is 174 Å². The molecule has 5 heteroatoms. The summed E-state index contributed by atoms with van der Waals surface area (Å²) in [5.41, 5.74) is 10.9. The van der Waals surface area contributed by atoms with Crippen LogP contribution in [0.3, 0.4) is 0 Å². The number of aromatic nitrogens is 3. The average molecular weight is 722 g/mol. The summed E-state index contributed by atoms with van der Waals surface area (Å²) in [5, 5.41) is 8.06. The molecular formula is C51H35N3O2. The molecule has 0 saturated carbocycles. The van der Waals surface area contributed by atoms with E-state index in [1.54, 1.807) is 0 Å². The molecule has 266 valence electrons. The predicted octanol–water partition coefficient (Wildman–Crippen LogP) is 12.4. The highest BCUT2D eigenvalue weighted by Gasteiger charge is 2.22. The maximum atomic E-state index is 6.58. The van der Waals surface area contributed by atoms with Crippen LogP contribution in [0.25, 0.3) is 118 Å². The van der Waals surface area contributed by atoms with Crippen molar-refractivity contribution in [1.29, 1.82) is 0 Å². The van der Waals surface area contributed by atoms with Gasteiger partial charge in [0.2, 0.25) is 5.71 Å². The van der Waals surface area contributed by atoms with Gasteiger partial charge in [0.1, 0.15) is 16.7 Å². The molecular weight excluding hydrogens is 687 g/mol. The summed E-state index contributed by atoms with van der Waals surface area (Å²) < 4.78 is 15.1. The Morgan fingerprint density at radius 3 is 2.23 bits per heavy atom. The second kappa shape index (κ2) is 13.1. The number of para-hydroxylation sites is 1. The Balaban J connectivity index is 1.21. The van der Waals surface area contributed by atoms with Crippen molar-refractivity contribution >= 4 is 84.2 Å². The summed E-state index contributed by atoms with van der Waals surface area (Å²) in [4.78, 5) is 10.4. The third kappa shape index (κ3) is 5.09. The van der Waals surface area contributed by atoms with E-state index in [9.17, 15) is 0 Å². The lowest BCUT2D eigenvalue weighted by Crippen LogP contribution is -2.25. The zero-order chi connectivity index (χ0) is 37.9. The molecule has 0 N–H and O–H groups in total. The molecule has 0 spiro atoms. The van der Waals surface area contributed by atoms with Gasteiger partial charge in [0.05, 0.1) is 22.1 Å². The van der Waals surface area contributed by atoms with Crippen molar-refractivity contribution in [1.82, 2.24) is 14.5 Å². The zero-order valence-electron chi connectivity index (χ0n) is 30.8. The summed E-state index contributed by atoms with van der Waals surface area (Å²) in [6.45, 7) is 14.4. The van der Waals surface area contributed by atoms with Crippen molar-refractivity contribution in [2.45, 2.75) is 6.92 Å². The molecule has 4 aromatic heterocycles. The van der Waals surface area contributed by atoms with Gasteiger partial charge in [-0.1, -0.05) is 129 Å². The molecule has 10 rings (SSSR count). The zero-order valence-corrected chi connectivity index (χ0v) is 30.8. The lowest BCUT2D eigenvalue weighted by molar-refractivity contribution is 0.653. The van der Waals surface area contributed by atoms with E-state index in [2.05, 4.69) is 97.1 Å². The van der Waals surface area contributed by atoms with Gasteiger partial charge in [0.15, 0.2) is 5.82 Å². The van der Waals surface area contributed by atoms with E-state index in [0.717, 1.165) is 104 Å². The largest absolute Gasteiger partial charge is 0.456 e. The number of benzene rings is 6. The van der Waals surface area contributed by atoms with Crippen LogP contribution >= 0.6 is 0 Å². The molecule has 0 radical (unpaired) electrons. The third-order valence-electron chi connectivity index (χ3n) is 10.6. The number of hydrogen-bond acceptors (Lipinski definition) is 4. The number of hydrogen-bond donors (Lipinski definition) is 0. The Morgan fingerprint density at radius 2 is 1.41 bits per heavy atom. The van der Waals surface area contributed by atoms with E-state index in [1.807, 2.05) is 91.9 Å². The van der Waals surface area contributed by atoms with Crippen LogP contribution in [0, 0.1) is 0 Å². The topological polar surface area (TPSA) is 57.0 Å². The number of allylic oxidation sites excluding steroid dienone is 6. The monoisotopic (exact) mass is 721 g/mol. The van der Waals surface area contributed by atoms with E-state index < -0.39 is 0 Å². The molecule has 0 atom stereocenters. The fourth-order valence-electron chi connectivity index (χ4n) is 8.16. The van der Waals surface area contributed by atoms with E-state index >= 15 is 0 Å². The Morgan fingerprint density at radius 1 is 0.643 bits per heavy atom. The van der Waals surface area contributed by atoms with Crippen LogP contribution < -0.4 is 10.4 Å². The first-order valence-electron chi connectivity index (χ1n) is 18.6. The summed E-state index contributed by atoms with van der Waals surface area (Å²) in [7, 11) is 0. The van der Waals surface area contributed by atoms with Crippen LogP contribution in [0.5, 0.6) is 0 Å². The summed E-state index contributed by atoms with van der Waals surface area (Å²) in [6.07, 6.45) is 11.9. The van der Waals surface area contributed by atoms with E-state index in [4.69, 9.17) is 18.8 Å². The highest BCUT2D eigenvalue weighted by Crippen LogP contribution is 2.41. The van der Waals surface area contributed by atoms with Crippen LogP contribution in [-0.2, 0) is 0 Å². The Hall–Kier alpha value is -7.50. The van der Waals surface area contributed by atoms with Gasteiger partial charge in [-0.3, -0.25) is 0 Å². The first-order chi connectivity index (χ1) is 27.6. The fraction of sp³-hybridized carbons (Fsp3) is 0.0196. The van der Waals surface area contributed by atoms with Crippen LogP contribution in [0.1, 0.15) is 6.92 Å². The Bertz CT molecular complexity index is 3430. The highest BCUT2D eigenvalue weighted by atomic mass is 16.3.